The first-order valence-electron chi connectivity index (χ1n) is 4.96. The molecular weight excluding hydrogens is 191 g/mol. The average Bonchev–Trinajstić information content (AvgIpc) is 2.07. The van der Waals surface area contributed by atoms with Gasteiger partial charge in [0.05, 0.1) is 0 Å². The molecular formula is C10H17KO2. The summed E-state index contributed by atoms with van der Waals surface area (Å²) in [6, 6.07) is 0. The minimum absolute atomic E-state index is 0. The van der Waals surface area contributed by atoms with Crippen LogP contribution in [0, 0.1) is 11.8 Å². The molecule has 0 spiro atoms. The van der Waals surface area contributed by atoms with Crippen LogP contribution in [-0.2, 0) is 4.79 Å². The van der Waals surface area contributed by atoms with Crippen molar-refractivity contribution in [3.8, 4) is 0 Å². The fourth-order valence-electron chi connectivity index (χ4n) is 2.23. The quantitative estimate of drug-likeness (QED) is 0.521. The number of hydrogen-bond acceptors (Lipinski definition) is 2. The Morgan fingerprint density at radius 1 is 1.38 bits per heavy atom. The Bertz CT molecular complexity index is 153. The van der Waals surface area contributed by atoms with Crippen molar-refractivity contribution in [2.75, 3.05) is 0 Å². The van der Waals surface area contributed by atoms with Crippen LogP contribution >= 0.6 is 0 Å². The van der Waals surface area contributed by atoms with Crippen LogP contribution in [0.4, 0.5) is 0 Å². The van der Waals surface area contributed by atoms with Gasteiger partial charge in [-0.25, -0.2) is 0 Å². The van der Waals surface area contributed by atoms with Crippen LogP contribution in [0.25, 0.3) is 0 Å². The standard InChI is InChI=1S/C10H18O2.K/c1-2-9(10(11)12)8-6-4-3-5-7-8;/h8-9H,2-7H2,1H3,(H,11,12);/q;+1/p-1. The molecule has 0 heterocycles. The van der Waals surface area contributed by atoms with Gasteiger partial charge in [0.25, 0.3) is 0 Å². The van der Waals surface area contributed by atoms with E-state index < -0.39 is 5.97 Å². The fourth-order valence-corrected chi connectivity index (χ4v) is 2.23. The van der Waals surface area contributed by atoms with E-state index in [0.717, 1.165) is 19.3 Å². The van der Waals surface area contributed by atoms with Crippen LogP contribution in [0.2, 0.25) is 0 Å². The number of rotatable bonds is 3. The van der Waals surface area contributed by atoms with Crippen molar-refractivity contribution in [3.05, 3.63) is 0 Å². The van der Waals surface area contributed by atoms with E-state index in [1.54, 1.807) is 0 Å². The molecule has 1 saturated carbocycles. The largest absolute Gasteiger partial charge is 1.00 e. The van der Waals surface area contributed by atoms with Gasteiger partial charge in [0.1, 0.15) is 0 Å². The molecule has 0 radical (unpaired) electrons. The third-order valence-corrected chi connectivity index (χ3v) is 2.96. The number of carboxylic acid groups (broad SMARTS) is 1. The Kier molecular flexibility index (Phi) is 8.04. The van der Waals surface area contributed by atoms with Crippen LogP contribution in [0.1, 0.15) is 45.4 Å². The number of hydrogen-bond donors (Lipinski definition) is 0. The summed E-state index contributed by atoms with van der Waals surface area (Å²) in [7, 11) is 0. The summed E-state index contributed by atoms with van der Waals surface area (Å²) in [5.74, 6) is -0.636. The summed E-state index contributed by atoms with van der Waals surface area (Å²) >= 11 is 0. The van der Waals surface area contributed by atoms with E-state index in [0.29, 0.717) is 5.92 Å². The molecule has 0 amide bonds. The summed E-state index contributed by atoms with van der Waals surface area (Å²) in [6.07, 6.45) is 6.59. The third kappa shape index (κ3) is 4.43. The topological polar surface area (TPSA) is 40.1 Å². The van der Waals surface area contributed by atoms with E-state index >= 15 is 0 Å². The molecule has 2 nitrogen and oxygen atoms in total. The van der Waals surface area contributed by atoms with Crippen molar-refractivity contribution in [1.29, 1.82) is 0 Å². The Balaban J connectivity index is 0.00000144. The van der Waals surface area contributed by atoms with Crippen molar-refractivity contribution >= 4 is 5.97 Å². The summed E-state index contributed by atoms with van der Waals surface area (Å²) in [5, 5.41) is 10.7. The zero-order valence-corrected chi connectivity index (χ0v) is 11.8. The molecule has 3 heteroatoms. The Morgan fingerprint density at radius 2 is 1.92 bits per heavy atom. The van der Waals surface area contributed by atoms with Gasteiger partial charge in [0, 0.05) is 11.9 Å². The van der Waals surface area contributed by atoms with Crippen molar-refractivity contribution in [2.24, 2.45) is 11.8 Å². The first kappa shape index (κ1) is 14.1. The molecule has 0 bridgehead atoms. The van der Waals surface area contributed by atoms with Crippen molar-refractivity contribution < 1.29 is 61.3 Å². The molecule has 70 valence electrons. The van der Waals surface area contributed by atoms with Gasteiger partial charge in [-0.1, -0.05) is 26.2 Å². The zero-order chi connectivity index (χ0) is 8.97. The number of carbonyl (C=O) groups is 1. The van der Waals surface area contributed by atoms with Gasteiger partial charge in [-0.05, 0) is 25.2 Å². The van der Waals surface area contributed by atoms with Crippen LogP contribution in [0.3, 0.4) is 0 Å². The van der Waals surface area contributed by atoms with Gasteiger partial charge in [0.15, 0.2) is 0 Å². The first-order chi connectivity index (χ1) is 5.75. The maximum absolute atomic E-state index is 10.7. The van der Waals surface area contributed by atoms with Crippen LogP contribution in [0.5, 0.6) is 0 Å². The van der Waals surface area contributed by atoms with E-state index in [2.05, 4.69) is 0 Å². The van der Waals surface area contributed by atoms with Gasteiger partial charge in [-0.3, -0.25) is 0 Å². The maximum Gasteiger partial charge on any atom is 1.00 e. The second kappa shape index (κ2) is 7.40. The van der Waals surface area contributed by atoms with E-state index in [9.17, 15) is 9.90 Å². The number of carbonyl (C=O) groups excluding carboxylic acids is 1. The predicted octanol–water partition coefficient (Wildman–Crippen LogP) is -1.65. The summed E-state index contributed by atoms with van der Waals surface area (Å²) in [5.41, 5.74) is 0. The second-order valence-corrected chi connectivity index (χ2v) is 3.73. The smallest absolute Gasteiger partial charge is 0.550 e. The molecule has 0 aromatic rings. The summed E-state index contributed by atoms with van der Waals surface area (Å²) in [4.78, 5) is 10.7. The average molecular weight is 208 g/mol. The minimum Gasteiger partial charge on any atom is -0.550 e. The van der Waals surface area contributed by atoms with Crippen molar-refractivity contribution in [3.63, 3.8) is 0 Å². The molecule has 1 unspecified atom stereocenters. The monoisotopic (exact) mass is 208 g/mol. The SMILES string of the molecule is CCC(C(=O)[O-])C1CCCCC1.[K+]. The molecule has 1 rings (SSSR count). The van der Waals surface area contributed by atoms with Crippen molar-refractivity contribution in [1.82, 2.24) is 0 Å². The molecule has 0 N–H and O–H groups in total. The van der Waals surface area contributed by atoms with Gasteiger partial charge in [-0.2, -0.15) is 0 Å². The van der Waals surface area contributed by atoms with Crippen LogP contribution < -0.4 is 56.5 Å². The molecule has 0 aromatic carbocycles. The van der Waals surface area contributed by atoms with Gasteiger partial charge >= 0.3 is 51.4 Å². The summed E-state index contributed by atoms with van der Waals surface area (Å²) < 4.78 is 0. The molecule has 1 aliphatic carbocycles. The second-order valence-electron chi connectivity index (χ2n) is 3.73. The molecule has 0 aromatic heterocycles. The molecule has 1 aliphatic rings. The Morgan fingerprint density at radius 3 is 2.31 bits per heavy atom. The van der Waals surface area contributed by atoms with Crippen molar-refractivity contribution in [2.45, 2.75) is 45.4 Å². The van der Waals surface area contributed by atoms with E-state index in [-0.39, 0.29) is 57.3 Å². The predicted molar refractivity (Wildman–Crippen MR) is 45.4 cm³/mol. The summed E-state index contributed by atoms with van der Waals surface area (Å²) in [6.45, 7) is 1.94. The van der Waals surface area contributed by atoms with E-state index in [1.165, 1.54) is 19.3 Å². The normalized spacial score (nSPS) is 20.4. The number of carboxylic acids is 1. The fraction of sp³-hybridized carbons (Fsp3) is 0.900. The molecule has 0 saturated heterocycles. The first-order valence-corrected chi connectivity index (χ1v) is 4.96. The van der Waals surface area contributed by atoms with Gasteiger partial charge in [-0.15, -0.1) is 0 Å². The van der Waals surface area contributed by atoms with E-state index in [4.69, 9.17) is 0 Å². The van der Waals surface area contributed by atoms with Crippen LogP contribution in [0.15, 0.2) is 0 Å². The Labute approximate surface area is 123 Å². The van der Waals surface area contributed by atoms with Gasteiger partial charge < -0.3 is 9.90 Å². The molecule has 0 aliphatic heterocycles. The molecule has 1 fully saturated rings. The zero-order valence-electron chi connectivity index (χ0n) is 8.71. The maximum atomic E-state index is 10.7. The Hall–Kier alpha value is 1.11. The molecule has 1 atom stereocenters. The number of aliphatic carboxylic acids is 1. The third-order valence-electron chi connectivity index (χ3n) is 2.96. The van der Waals surface area contributed by atoms with Crippen LogP contribution in [-0.4, -0.2) is 5.97 Å². The van der Waals surface area contributed by atoms with E-state index in [1.807, 2.05) is 6.92 Å². The van der Waals surface area contributed by atoms with Gasteiger partial charge in [0.2, 0.25) is 0 Å². The minimum atomic E-state index is -0.843. The molecule has 13 heavy (non-hydrogen) atoms.